The molecule has 96 valence electrons. The molecule has 1 heterocycles. The summed E-state index contributed by atoms with van der Waals surface area (Å²) in [6.45, 7) is 0. The Bertz CT molecular complexity index is 726. The first kappa shape index (κ1) is 12.1. The maximum Gasteiger partial charge on any atom is 0.0488 e. The van der Waals surface area contributed by atoms with Crippen LogP contribution in [0.3, 0.4) is 0 Å². The van der Waals surface area contributed by atoms with E-state index in [1.54, 1.807) is 0 Å². The number of fused-ring (bicyclic) bond motifs is 1. The second kappa shape index (κ2) is 4.63. The molecule has 0 saturated heterocycles. The zero-order valence-electron chi connectivity index (χ0n) is 10.9. The van der Waals surface area contributed by atoms with Crippen LogP contribution in [0.25, 0.3) is 22.2 Å². The molecule has 0 aliphatic rings. The Kier molecular flexibility index (Phi) is 2.96. The number of halogens is 1. The molecular formula is C16H15ClN2. The van der Waals surface area contributed by atoms with Crippen LogP contribution in [0.15, 0.2) is 48.5 Å². The summed E-state index contributed by atoms with van der Waals surface area (Å²) in [6.07, 6.45) is 0. The first-order valence-corrected chi connectivity index (χ1v) is 6.60. The SMILES string of the molecule is CNc1ccc2c(c1)cc(-c1ccc(Cl)cc1)n2C. The predicted octanol–water partition coefficient (Wildman–Crippen LogP) is 4.54. The molecule has 3 aromatic rings. The molecule has 3 heteroatoms. The zero-order valence-corrected chi connectivity index (χ0v) is 11.7. The highest BCUT2D eigenvalue weighted by molar-refractivity contribution is 6.30. The lowest BCUT2D eigenvalue weighted by Crippen LogP contribution is -1.91. The maximum absolute atomic E-state index is 5.94. The van der Waals surface area contributed by atoms with E-state index in [0.29, 0.717) is 0 Å². The van der Waals surface area contributed by atoms with Gasteiger partial charge in [0.15, 0.2) is 0 Å². The Morgan fingerprint density at radius 2 is 1.74 bits per heavy atom. The minimum atomic E-state index is 0.764. The molecule has 0 saturated carbocycles. The van der Waals surface area contributed by atoms with E-state index in [0.717, 1.165) is 10.7 Å². The average molecular weight is 271 g/mol. The van der Waals surface area contributed by atoms with Crippen molar-refractivity contribution in [2.24, 2.45) is 7.05 Å². The number of hydrogen-bond acceptors (Lipinski definition) is 1. The standard InChI is InChI=1S/C16H15ClN2/c1-18-14-7-8-15-12(9-14)10-16(19(15)2)11-3-5-13(17)6-4-11/h3-10,18H,1-2H3. The van der Waals surface area contributed by atoms with Gasteiger partial charge in [0, 0.05) is 41.4 Å². The molecule has 2 aromatic carbocycles. The summed E-state index contributed by atoms with van der Waals surface area (Å²) in [5.41, 5.74) is 4.72. The Hall–Kier alpha value is -1.93. The summed E-state index contributed by atoms with van der Waals surface area (Å²) in [7, 11) is 4.02. The number of nitrogens with zero attached hydrogens (tertiary/aromatic N) is 1. The quantitative estimate of drug-likeness (QED) is 0.723. The molecule has 0 aliphatic heterocycles. The molecule has 0 spiro atoms. The highest BCUT2D eigenvalue weighted by Crippen LogP contribution is 2.29. The van der Waals surface area contributed by atoms with Gasteiger partial charge in [-0.15, -0.1) is 0 Å². The number of benzene rings is 2. The van der Waals surface area contributed by atoms with E-state index in [-0.39, 0.29) is 0 Å². The summed E-state index contributed by atoms with van der Waals surface area (Å²) in [5.74, 6) is 0. The van der Waals surface area contributed by atoms with Crippen LogP contribution in [0, 0.1) is 0 Å². The van der Waals surface area contributed by atoms with Crippen molar-refractivity contribution in [2.75, 3.05) is 12.4 Å². The van der Waals surface area contributed by atoms with Crippen LogP contribution in [-0.4, -0.2) is 11.6 Å². The van der Waals surface area contributed by atoms with Crippen molar-refractivity contribution in [1.29, 1.82) is 0 Å². The molecular weight excluding hydrogens is 256 g/mol. The van der Waals surface area contributed by atoms with Crippen molar-refractivity contribution >= 4 is 28.2 Å². The molecule has 1 N–H and O–H groups in total. The molecule has 19 heavy (non-hydrogen) atoms. The third-order valence-corrected chi connectivity index (χ3v) is 3.72. The largest absolute Gasteiger partial charge is 0.388 e. The van der Waals surface area contributed by atoms with Crippen molar-refractivity contribution in [3.63, 3.8) is 0 Å². The molecule has 0 radical (unpaired) electrons. The van der Waals surface area contributed by atoms with E-state index >= 15 is 0 Å². The van der Waals surface area contributed by atoms with E-state index in [2.05, 4.69) is 53.3 Å². The fraction of sp³-hybridized carbons (Fsp3) is 0.125. The highest BCUT2D eigenvalue weighted by Gasteiger charge is 2.08. The summed E-state index contributed by atoms with van der Waals surface area (Å²) >= 11 is 5.94. The predicted molar refractivity (Wildman–Crippen MR) is 82.9 cm³/mol. The average Bonchev–Trinajstić information content (AvgIpc) is 2.76. The summed E-state index contributed by atoms with van der Waals surface area (Å²) < 4.78 is 2.21. The van der Waals surface area contributed by atoms with Crippen molar-refractivity contribution in [1.82, 2.24) is 4.57 Å². The van der Waals surface area contributed by atoms with Crippen LogP contribution in [0.2, 0.25) is 5.02 Å². The molecule has 0 amide bonds. The topological polar surface area (TPSA) is 17.0 Å². The lowest BCUT2D eigenvalue weighted by atomic mass is 10.1. The highest BCUT2D eigenvalue weighted by atomic mass is 35.5. The third kappa shape index (κ3) is 2.08. The Balaban J connectivity index is 2.19. The van der Waals surface area contributed by atoms with Gasteiger partial charge in [-0.25, -0.2) is 0 Å². The van der Waals surface area contributed by atoms with Crippen molar-refractivity contribution in [3.05, 3.63) is 53.6 Å². The molecule has 2 nitrogen and oxygen atoms in total. The molecule has 0 bridgehead atoms. The smallest absolute Gasteiger partial charge is 0.0488 e. The van der Waals surface area contributed by atoms with Gasteiger partial charge in [-0.2, -0.15) is 0 Å². The summed E-state index contributed by atoms with van der Waals surface area (Å²) in [4.78, 5) is 0. The Labute approximate surface area is 117 Å². The molecule has 1 aromatic heterocycles. The molecule has 0 unspecified atom stereocenters. The second-order valence-electron chi connectivity index (χ2n) is 4.62. The van der Waals surface area contributed by atoms with Gasteiger partial charge in [0.2, 0.25) is 0 Å². The van der Waals surface area contributed by atoms with E-state index in [1.165, 1.54) is 22.2 Å². The number of aromatic nitrogens is 1. The van der Waals surface area contributed by atoms with Gasteiger partial charge in [0.05, 0.1) is 0 Å². The number of anilines is 1. The zero-order chi connectivity index (χ0) is 13.4. The van der Waals surface area contributed by atoms with E-state index in [4.69, 9.17) is 11.6 Å². The minimum absolute atomic E-state index is 0.764. The minimum Gasteiger partial charge on any atom is -0.388 e. The van der Waals surface area contributed by atoms with Crippen LogP contribution in [0.4, 0.5) is 5.69 Å². The van der Waals surface area contributed by atoms with Crippen molar-refractivity contribution < 1.29 is 0 Å². The van der Waals surface area contributed by atoms with Gasteiger partial charge in [-0.05, 0) is 42.0 Å². The van der Waals surface area contributed by atoms with Crippen LogP contribution in [0.5, 0.6) is 0 Å². The first-order chi connectivity index (χ1) is 9.19. The van der Waals surface area contributed by atoms with E-state index in [9.17, 15) is 0 Å². The van der Waals surface area contributed by atoms with Crippen LogP contribution in [0.1, 0.15) is 0 Å². The van der Waals surface area contributed by atoms with Gasteiger partial charge in [-0.1, -0.05) is 23.7 Å². The number of rotatable bonds is 2. The van der Waals surface area contributed by atoms with E-state index in [1.807, 2.05) is 19.2 Å². The third-order valence-electron chi connectivity index (χ3n) is 3.47. The fourth-order valence-electron chi connectivity index (χ4n) is 2.40. The van der Waals surface area contributed by atoms with Gasteiger partial charge < -0.3 is 9.88 Å². The molecule has 0 aliphatic carbocycles. The Morgan fingerprint density at radius 1 is 1.00 bits per heavy atom. The number of nitrogens with one attached hydrogen (secondary N) is 1. The van der Waals surface area contributed by atoms with E-state index < -0.39 is 0 Å². The lowest BCUT2D eigenvalue weighted by Gasteiger charge is -2.05. The summed E-state index contributed by atoms with van der Waals surface area (Å²) in [6, 6.07) is 16.6. The maximum atomic E-state index is 5.94. The van der Waals surface area contributed by atoms with Crippen LogP contribution in [-0.2, 0) is 7.05 Å². The first-order valence-electron chi connectivity index (χ1n) is 6.22. The number of hydrogen-bond donors (Lipinski definition) is 1. The number of aryl methyl sites for hydroxylation is 1. The van der Waals surface area contributed by atoms with Crippen molar-refractivity contribution in [3.8, 4) is 11.3 Å². The molecule has 3 rings (SSSR count). The van der Waals surface area contributed by atoms with Crippen LogP contribution < -0.4 is 5.32 Å². The van der Waals surface area contributed by atoms with Gasteiger partial charge in [0.1, 0.15) is 0 Å². The fourth-order valence-corrected chi connectivity index (χ4v) is 2.53. The second-order valence-corrected chi connectivity index (χ2v) is 5.06. The van der Waals surface area contributed by atoms with Gasteiger partial charge in [-0.3, -0.25) is 0 Å². The monoisotopic (exact) mass is 270 g/mol. The van der Waals surface area contributed by atoms with Gasteiger partial charge in [0.25, 0.3) is 0 Å². The molecule has 0 fully saturated rings. The Morgan fingerprint density at radius 3 is 2.42 bits per heavy atom. The molecule has 0 atom stereocenters. The van der Waals surface area contributed by atoms with Crippen LogP contribution >= 0.6 is 11.6 Å². The summed E-state index contributed by atoms with van der Waals surface area (Å²) in [5, 5.41) is 5.17. The van der Waals surface area contributed by atoms with Gasteiger partial charge >= 0.3 is 0 Å². The normalized spacial score (nSPS) is 10.9. The van der Waals surface area contributed by atoms with Crippen molar-refractivity contribution in [2.45, 2.75) is 0 Å². The lowest BCUT2D eigenvalue weighted by molar-refractivity contribution is 0.978.